The molecular formula is C25H28FN5O. The number of carbonyl (C=O) groups is 1. The topological polar surface area (TPSA) is 54.3 Å². The van der Waals surface area contributed by atoms with Crippen molar-refractivity contribution in [3.63, 3.8) is 0 Å². The maximum absolute atomic E-state index is 15.1. The summed E-state index contributed by atoms with van der Waals surface area (Å²) in [6.45, 7) is 2.26. The van der Waals surface area contributed by atoms with Crippen LogP contribution < -0.4 is 4.90 Å². The van der Waals surface area contributed by atoms with E-state index >= 15 is 4.39 Å². The van der Waals surface area contributed by atoms with Crippen LogP contribution in [0, 0.1) is 17.7 Å². The number of hydrogen-bond acceptors (Lipinski definition) is 4. The van der Waals surface area contributed by atoms with Crippen LogP contribution in [0.4, 0.5) is 10.1 Å². The van der Waals surface area contributed by atoms with Gasteiger partial charge in [-0.25, -0.2) is 4.39 Å². The molecule has 1 saturated carbocycles. The molecule has 2 fully saturated rings. The normalized spacial score (nSPS) is 18.2. The van der Waals surface area contributed by atoms with E-state index in [1.54, 1.807) is 18.5 Å². The highest BCUT2D eigenvalue weighted by Crippen LogP contribution is 2.33. The van der Waals surface area contributed by atoms with Gasteiger partial charge in [-0.15, -0.1) is 10.2 Å². The first-order chi connectivity index (χ1) is 15.5. The number of carbonyl (C=O) groups excluding carboxylic acids is 1. The van der Waals surface area contributed by atoms with Crippen molar-refractivity contribution in [2.45, 2.75) is 25.8 Å². The molecule has 1 amide bonds. The van der Waals surface area contributed by atoms with Gasteiger partial charge in [0.1, 0.15) is 12.1 Å². The van der Waals surface area contributed by atoms with Crippen LogP contribution in [0.2, 0.25) is 0 Å². The lowest BCUT2D eigenvalue weighted by Gasteiger charge is -2.17. The molecule has 0 radical (unpaired) electrons. The van der Waals surface area contributed by atoms with Gasteiger partial charge in [-0.1, -0.05) is 18.2 Å². The molecule has 6 nitrogen and oxygen atoms in total. The summed E-state index contributed by atoms with van der Waals surface area (Å²) in [5, 5.41) is 8.24. The van der Waals surface area contributed by atoms with Crippen molar-refractivity contribution in [2.24, 2.45) is 11.8 Å². The molecule has 166 valence electrons. The summed E-state index contributed by atoms with van der Waals surface area (Å²) >= 11 is 0. The van der Waals surface area contributed by atoms with Crippen LogP contribution in [-0.2, 0) is 11.3 Å². The van der Waals surface area contributed by atoms with Crippen LogP contribution in [0.15, 0.2) is 48.8 Å². The Bertz CT molecular complexity index is 1120. The van der Waals surface area contributed by atoms with Crippen molar-refractivity contribution in [3.05, 3.63) is 54.6 Å². The Morgan fingerprint density at radius 1 is 1.09 bits per heavy atom. The van der Waals surface area contributed by atoms with Crippen molar-refractivity contribution in [2.75, 3.05) is 32.1 Å². The van der Waals surface area contributed by atoms with Gasteiger partial charge in [0.2, 0.25) is 5.91 Å². The molecule has 1 aliphatic heterocycles. The van der Waals surface area contributed by atoms with E-state index in [2.05, 4.69) is 10.2 Å². The molecule has 2 aliphatic rings. The van der Waals surface area contributed by atoms with E-state index in [1.165, 1.54) is 0 Å². The molecule has 1 aromatic heterocycles. The molecule has 1 aliphatic carbocycles. The zero-order valence-corrected chi connectivity index (χ0v) is 18.5. The number of anilines is 1. The summed E-state index contributed by atoms with van der Waals surface area (Å²) in [5.74, 6) is 1.11. The molecule has 0 N–H and O–H groups in total. The fraction of sp³-hybridized carbons (Fsp3) is 0.400. The number of halogens is 1. The van der Waals surface area contributed by atoms with E-state index in [0.29, 0.717) is 29.8 Å². The Kier molecular flexibility index (Phi) is 5.41. The van der Waals surface area contributed by atoms with E-state index in [4.69, 9.17) is 0 Å². The maximum atomic E-state index is 15.1. The Labute approximate surface area is 187 Å². The Morgan fingerprint density at radius 3 is 2.53 bits per heavy atom. The lowest BCUT2D eigenvalue weighted by atomic mass is 10.0. The van der Waals surface area contributed by atoms with Crippen molar-refractivity contribution in [1.29, 1.82) is 0 Å². The van der Waals surface area contributed by atoms with Crippen molar-refractivity contribution >= 4 is 11.6 Å². The van der Waals surface area contributed by atoms with Crippen LogP contribution in [0.25, 0.3) is 22.5 Å². The SMILES string of the molecule is CN(C)c1ccc(-c2ccc(-c3nncn3CC3CCN(C(=O)C4CC4)C3)c(F)c2)cc1. The lowest BCUT2D eigenvalue weighted by molar-refractivity contribution is -0.131. The van der Waals surface area contributed by atoms with Gasteiger partial charge in [0.25, 0.3) is 0 Å². The predicted molar refractivity (Wildman–Crippen MR) is 123 cm³/mol. The smallest absolute Gasteiger partial charge is 0.225 e. The van der Waals surface area contributed by atoms with Gasteiger partial charge in [0.05, 0.1) is 5.56 Å². The van der Waals surface area contributed by atoms with Gasteiger partial charge >= 0.3 is 0 Å². The average Bonchev–Trinajstić information content (AvgIpc) is 3.38. The molecule has 3 aromatic rings. The fourth-order valence-corrected chi connectivity index (χ4v) is 4.47. The van der Waals surface area contributed by atoms with E-state index in [0.717, 1.165) is 49.2 Å². The fourth-order valence-electron chi connectivity index (χ4n) is 4.47. The number of nitrogens with zero attached hydrogens (tertiary/aromatic N) is 5. The van der Waals surface area contributed by atoms with E-state index in [1.807, 2.05) is 58.8 Å². The van der Waals surface area contributed by atoms with Crippen molar-refractivity contribution in [1.82, 2.24) is 19.7 Å². The molecule has 32 heavy (non-hydrogen) atoms. The molecular weight excluding hydrogens is 405 g/mol. The quantitative estimate of drug-likeness (QED) is 0.588. The van der Waals surface area contributed by atoms with E-state index in [9.17, 15) is 4.79 Å². The van der Waals surface area contributed by atoms with Crippen LogP contribution in [0.1, 0.15) is 19.3 Å². The first-order valence-corrected chi connectivity index (χ1v) is 11.2. The molecule has 1 saturated heterocycles. The summed E-state index contributed by atoms with van der Waals surface area (Å²) in [4.78, 5) is 16.4. The monoisotopic (exact) mass is 433 g/mol. The number of aromatic nitrogens is 3. The Balaban J connectivity index is 1.31. The molecule has 0 bridgehead atoms. The van der Waals surface area contributed by atoms with Gasteiger partial charge in [-0.3, -0.25) is 4.79 Å². The second-order valence-corrected chi connectivity index (χ2v) is 9.16. The molecule has 2 heterocycles. The number of rotatable bonds is 6. The van der Waals surface area contributed by atoms with Gasteiger partial charge < -0.3 is 14.4 Å². The minimum atomic E-state index is -0.314. The summed E-state index contributed by atoms with van der Waals surface area (Å²) in [7, 11) is 3.99. The van der Waals surface area contributed by atoms with E-state index in [-0.39, 0.29) is 11.7 Å². The predicted octanol–water partition coefficient (Wildman–Crippen LogP) is 4.08. The minimum absolute atomic E-state index is 0.255. The van der Waals surface area contributed by atoms with Crippen molar-refractivity contribution in [3.8, 4) is 22.5 Å². The molecule has 1 unspecified atom stereocenters. The number of amides is 1. The lowest BCUT2D eigenvalue weighted by Crippen LogP contribution is -2.30. The number of benzene rings is 2. The third kappa shape index (κ3) is 4.11. The Morgan fingerprint density at radius 2 is 1.84 bits per heavy atom. The van der Waals surface area contributed by atoms with Gasteiger partial charge in [-0.05, 0) is 60.6 Å². The second-order valence-electron chi connectivity index (χ2n) is 9.16. The number of likely N-dealkylation sites (tertiary alicyclic amines) is 1. The summed E-state index contributed by atoms with van der Waals surface area (Å²) in [5.41, 5.74) is 3.34. The molecule has 0 spiro atoms. The van der Waals surface area contributed by atoms with Crippen LogP contribution in [0.5, 0.6) is 0 Å². The molecule has 1 atom stereocenters. The average molecular weight is 434 g/mol. The van der Waals surface area contributed by atoms with Crippen LogP contribution in [-0.4, -0.2) is 52.8 Å². The Hall–Kier alpha value is -3.22. The van der Waals surface area contributed by atoms with E-state index < -0.39 is 0 Å². The first-order valence-electron chi connectivity index (χ1n) is 11.2. The summed E-state index contributed by atoms with van der Waals surface area (Å²) in [6.07, 6.45) is 4.68. The van der Waals surface area contributed by atoms with Gasteiger partial charge in [-0.2, -0.15) is 0 Å². The highest BCUT2D eigenvalue weighted by Gasteiger charge is 2.36. The molecule has 7 heteroatoms. The first kappa shape index (κ1) is 20.7. The maximum Gasteiger partial charge on any atom is 0.225 e. The summed E-state index contributed by atoms with van der Waals surface area (Å²) in [6, 6.07) is 13.3. The molecule has 2 aromatic carbocycles. The third-order valence-electron chi connectivity index (χ3n) is 6.52. The standard InChI is InChI=1S/C25H28FN5O/c1-29(2)21-8-5-18(6-9-21)20-7-10-22(23(26)13-20)24-28-27-16-31(24)15-17-11-12-30(14-17)25(32)19-3-4-19/h5-10,13,16-17,19H,3-4,11-12,14-15H2,1-2H3. The summed E-state index contributed by atoms with van der Waals surface area (Å²) < 4.78 is 17.0. The van der Waals surface area contributed by atoms with Gasteiger partial charge in [0, 0.05) is 45.3 Å². The highest BCUT2D eigenvalue weighted by molar-refractivity contribution is 5.81. The van der Waals surface area contributed by atoms with Crippen LogP contribution >= 0.6 is 0 Å². The van der Waals surface area contributed by atoms with Crippen molar-refractivity contribution < 1.29 is 9.18 Å². The molecule has 5 rings (SSSR count). The zero-order chi connectivity index (χ0) is 22.2. The number of hydrogen-bond donors (Lipinski definition) is 0. The third-order valence-corrected chi connectivity index (χ3v) is 6.52. The second kappa shape index (κ2) is 8.37. The van der Waals surface area contributed by atoms with Gasteiger partial charge in [0.15, 0.2) is 5.82 Å². The largest absolute Gasteiger partial charge is 0.378 e. The zero-order valence-electron chi connectivity index (χ0n) is 18.5. The highest BCUT2D eigenvalue weighted by atomic mass is 19.1. The van der Waals surface area contributed by atoms with Crippen LogP contribution in [0.3, 0.4) is 0 Å². The minimum Gasteiger partial charge on any atom is -0.378 e.